The lowest BCUT2D eigenvalue weighted by Crippen LogP contribution is -2.07. The quantitative estimate of drug-likeness (QED) is 0.864. The summed E-state index contributed by atoms with van der Waals surface area (Å²) in [4.78, 5) is 4.28. The number of hydrogen-bond donors (Lipinski definition) is 1. The van der Waals surface area contributed by atoms with Crippen LogP contribution in [0.4, 0.5) is 5.82 Å². The van der Waals surface area contributed by atoms with E-state index in [1.807, 2.05) is 12.3 Å². The maximum Gasteiger partial charge on any atom is 0.126 e. The van der Waals surface area contributed by atoms with Crippen molar-refractivity contribution < 1.29 is 0 Å². The van der Waals surface area contributed by atoms with Crippen LogP contribution in [0.25, 0.3) is 0 Å². The molecule has 0 aliphatic heterocycles. The zero-order valence-electron chi connectivity index (χ0n) is 10.4. The van der Waals surface area contributed by atoms with Crippen molar-refractivity contribution in [1.82, 2.24) is 4.98 Å². The Labute approximate surface area is 103 Å². The summed E-state index contributed by atoms with van der Waals surface area (Å²) in [5.74, 6) is 0.957. The van der Waals surface area contributed by atoms with Crippen molar-refractivity contribution in [1.29, 1.82) is 0 Å². The van der Waals surface area contributed by atoms with Gasteiger partial charge in [0.25, 0.3) is 0 Å². The summed E-state index contributed by atoms with van der Waals surface area (Å²) >= 11 is 0. The molecule has 2 aromatic rings. The van der Waals surface area contributed by atoms with Crippen LogP contribution in [0.3, 0.4) is 0 Å². The summed E-state index contributed by atoms with van der Waals surface area (Å²) in [5, 5.41) is 3.35. The third-order valence-electron chi connectivity index (χ3n) is 2.88. The predicted molar refractivity (Wildman–Crippen MR) is 72.3 cm³/mol. The molecule has 0 saturated carbocycles. The third-order valence-corrected chi connectivity index (χ3v) is 2.88. The summed E-state index contributed by atoms with van der Waals surface area (Å²) in [6, 6.07) is 12.6. The molecular weight excluding hydrogens is 208 g/mol. The number of anilines is 1. The van der Waals surface area contributed by atoms with Gasteiger partial charge in [-0.25, -0.2) is 4.98 Å². The van der Waals surface area contributed by atoms with Crippen LogP contribution >= 0.6 is 0 Å². The molecule has 88 valence electrons. The van der Waals surface area contributed by atoms with E-state index in [-0.39, 0.29) is 0 Å². The standard InChI is InChI=1S/C15H18N2/c1-12-7-9-16-15(11-12)17-10-8-14-6-4-3-5-13(14)2/h3-7,9,11H,8,10H2,1-2H3,(H,16,17). The molecule has 17 heavy (non-hydrogen) atoms. The molecule has 1 aromatic carbocycles. The van der Waals surface area contributed by atoms with E-state index in [9.17, 15) is 0 Å². The monoisotopic (exact) mass is 226 g/mol. The van der Waals surface area contributed by atoms with Gasteiger partial charge in [0.15, 0.2) is 0 Å². The zero-order chi connectivity index (χ0) is 12.1. The van der Waals surface area contributed by atoms with Crippen LogP contribution in [0.1, 0.15) is 16.7 Å². The molecule has 0 fully saturated rings. The van der Waals surface area contributed by atoms with Gasteiger partial charge in [0.2, 0.25) is 0 Å². The summed E-state index contributed by atoms with van der Waals surface area (Å²) in [6.07, 6.45) is 2.87. The fourth-order valence-electron chi connectivity index (χ4n) is 1.85. The highest BCUT2D eigenvalue weighted by Gasteiger charge is 1.97. The van der Waals surface area contributed by atoms with Crippen molar-refractivity contribution >= 4 is 5.82 Å². The first-order valence-corrected chi connectivity index (χ1v) is 5.97. The summed E-state index contributed by atoms with van der Waals surface area (Å²) < 4.78 is 0. The van der Waals surface area contributed by atoms with E-state index in [1.54, 1.807) is 0 Å². The molecule has 0 unspecified atom stereocenters. The Balaban J connectivity index is 1.90. The van der Waals surface area contributed by atoms with E-state index in [1.165, 1.54) is 16.7 Å². The summed E-state index contributed by atoms with van der Waals surface area (Å²) in [5.41, 5.74) is 3.98. The number of pyridine rings is 1. The number of rotatable bonds is 4. The average Bonchev–Trinajstić information content (AvgIpc) is 2.32. The highest BCUT2D eigenvalue weighted by molar-refractivity contribution is 5.37. The Bertz CT molecular complexity index is 492. The summed E-state index contributed by atoms with van der Waals surface area (Å²) in [7, 11) is 0. The number of nitrogens with zero attached hydrogens (tertiary/aromatic N) is 1. The SMILES string of the molecule is Cc1ccnc(NCCc2ccccc2C)c1. The van der Waals surface area contributed by atoms with Crippen LogP contribution in [0.5, 0.6) is 0 Å². The smallest absolute Gasteiger partial charge is 0.126 e. The highest BCUT2D eigenvalue weighted by Crippen LogP contribution is 2.09. The molecule has 2 rings (SSSR count). The molecule has 2 nitrogen and oxygen atoms in total. The van der Waals surface area contributed by atoms with Gasteiger partial charge in [-0.05, 0) is 49.1 Å². The van der Waals surface area contributed by atoms with Crippen LogP contribution in [-0.4, -0.2) is 11.5 Å². The molecule has 0 radical (unpaired) electrons. The van der Waals surface area contributed by atoms with Crippen LogP contribution in [-0.2, 0) is 6.42 Å². The molecule has 1 heterocycles. The largest absolute Gasteiger partial charge is 0.370 e. The van der Waals surface area contributed by atoms with Gasteiger partial charge < -0.3 is 5.32 Å². The molecule has 2 heteroatoms. The summed E-state index contributed by atoms with van der Waals surface area (Å²) in [6.45, 7) is 5.15. The van der Waals surface area contributed by atoms with Crippen LogP contribution in [0.15, 0.2) is 42.6 Å². The maximum absolute atomic E-state index is 4.28. The minimum absolute atomic E-state index is 0.918. The molecule has 1 N–H and O–H groups in total. The first-order chi connectivity index (χ1) is 8.25. The second-order valence-corrected chi connectivity index (χ2v) is 4.32. The fourth-order valence-corrected chi connectivity index (χ4v) is 1.85. The second-order valence-electron chi connectivity index (χ2n) is 4.32. The second kappa shape index (κ2) is 5.48. The number of aryl methyl sites for hydroxylation is 2. The number of benzene rings is 1. The zero-order valence-corrected chi connectivity index (χ0v) is 10.4. The third kappa shape index (κ3) is 3.31. The van der Waals surface area contributed by atoms with Crippen molar-refractivity contribution in [2.45, 2.75) is 20.3 Å². The van der Waals surface area contributed by atoms with Crippen LogP contribution < -0.4 is 5.32 Å². The predicted octanol–water partition coefficient (Wildman–Crippen LogP) is 3.35. The molecule has 1 aromatic heterocycles. The lowest BCUT2D eigenvalue weighted by molar-refractivity contribution is 0.993. The molecule has 0 saturated heterocycles. The van der Waals surface area contributed by atoms with Crippen molar-refractivity contribution in [3.05, 3.63) is 59.3 Å². The lowest BCUT2D eigenvalue weighted by atomic mass is 10.1. The van der Waals surface area contributed by atoms with Gasteiger partial charge in [0, 0.05) is 12.7 Å². The van der Waals surface area contributed by atoms with Crippen molar-refractivity contribution in [2.75, 3.05) is 11.9 Å². The normalized spacial score (nSPS) is 10.2. The maximum atomic E-state index is 4.28. The highest BCUT2D eigenvalue weighted by atomic mass is 15.0. The van der Waals surface area contributed by atoms with Gasteiger partial charge in [-0.3, -0.25) is 0 Å². The molecule has 0 atom stereocenters. The van der Waals surface area contributed by atoms with Crippen molar-refractivity contribution in [2.24, 2.45) is 0 Å². The van der Waals surface area contributed by atoms with E-state index in [4.69, 9.17) is 0 Å². The van der Waals surface area contributed by atoms with Crippen LogP contribution in [0.2, 0.25) is 0 Å². The fraction of sp³-hybridized carbons (Fsp3) is 0.267. The Morgan fingerprint density at radius 1 is 1.12 bits per heavy atom. The Hall–Kier alpha value is -1.83. The first-order valence-electron chi connectivity index (χ1n) is 5.97. The Morgan fingerprint density at radius 3 is 2.71 bits per heavy atom. The van der Waals surface area contributed by atoms with E-state index in [0.717, 1.165) is 18.8 Å². The van der Waals surface area contributed by atoms with Crippen LogP contribution in [0, 0.1) is 13.8 Å². The van der Waals surface area contributed by atoms with E-state index >= 15 is 0 Å². The molecule has 0 spiro atoms. The molecule has 0 aliphatic rings. The first kappa shape index (κ1) is 11.6. The Kier molecular flexibility index (Phi) is 3.76. The molecule has 0 aliphatic carbocycles. The molecular formula is C15H18N2. The number of nitrogens with one attached hydrogen (secondary N) is 1. The van der Waals surface area contributed by atoms with Gasteiger partial charge >= 0.3 is 0 Å². The minimum atomic E-state index is 0.918. The van der Waals surface area contributed by atoms with Crippen molar-refractivity contribution in [3.63, 3.8) is 0 Å². The topological polar surface area (TPSA) is 24.9 Å². The Morgan fingerprint density at radius 2 is 1.94 bits per heavy atom. The lowest BCUT2D eigenvalue weighted by Gasteiger charge is -2.08. The van der Waals surface area contributed by atoms with Gasteiger partial charge in [-0.15, -0.1) is 0 Å². The van der Waals surface area contributed by atoms with Gasteiger partial charge in [-0.1, -0.05) is 24.3 Å². The van der Waals surface area contributed by atoms with Gasteiger partial charge in [-0.2, -0.15) is 0 Å². The van der Waals surface area contributed by atoms with E-state index in [2.05, 4.69) is 54.5 Å². The average molecular weight is 226 g/mol. The molecule has 0 amide bonds. The van der Waals surface area contributed by atoms with Gasteiger partial charge in [0.1, 0.15) is 5.82 Å². The number of hydrogen-bond acceptors (Lipinski definition) is 2. The van der Waals surface area contributed by atoms with E-state index < -0.39 is 0 Å². The minimum Gasteiger partial charge on any atom is -0.370 e. The number of aromatic nitrogens is 1. The van der Waals surface area contributed by atoms with Crippen molar-refractivity contribution in [3.8, 4) is 0 Å². The molecule has 0 bridgehead atoms. The van der Waals surface area contributed by atoms with E-state index in [0.29, 0.717) is 0 Å². The van der Waals surface area contributed by atoms with Gasteiger partial charge in [0.05, 0.1) is 0 Å².